The molecule has 0 bridgehead atoms. The summed E-state index contributed by atoms with van der Waals surface area (Å²) in [4.78, 5) is 16.3. The lowest BCUT2D eigenvalue weighted by Crippen LogP contribution is -2.26. The molecule has 0 unspecified atom stereocenters. The number of hydroxylamine groups is 1. The van der Waals surface area contributed by atoms with Gasteiger partial charge in [-0.3, -0.25) is 9.63 Å². The first kappa shape index (κ1) is 10.9. The summed E-state index contributed by atoms with van der Waals surface area (Å²) in [6.07, 6.45) is 0.00153. The summed E-state index contributed by atoms with van der Waals surface area (Å²) in [6, 6.07) is 1.82. The Labute approximate surface area is 94.6 Å². The quantitative estimate of drug-likeness (QED) is 0.688. The summed E-state index contributed by atoms with van der Waals surface area (Å²) in [7, 11) is 0. The Kier molecular flexibility index (Phi) is 4.14. The van der Waals surface area contributed by atoms with Crippen molar-refractivity contribution in [2.24, 2.45) is 0 Å². The van der Waals surface area contributed by atoms with E-state index in [0.717, 1.165) is 2.88 Å². The molecule has 1 aromatic rings. The molecule has 0 fully saturated rings. The minimum Gasteiger partial charge on any atom is -0.271 e. The number of rotatable bonds is 3. The maximum Gasteiger partial charge on any atom is 0.275 e. The molecule has 1 N–H and O–H groups in total. The lowest BCUT2D eigenvalue weighted by Gasteiger charge is -2.06. The number of thiophene rings is 1. The van der Waals surface area contributed by atoms with Crippen molar-refractivity contribution in [1.29, 1.82) is 0 Å². The van der Waals surface area contributed by atoms with E-state index in [0.29, 0.717) is 5.56 Å². The fraction of sp³-hybridized carbons (Fsp3) is 0.375. The highest BCUT2D eigenvalue weighted by atomic mass is 127. The van der Waals surface area contributed by atoms with Gasteiger partial charge in [0, 0.05) is 5.38 Å². The second kappa shape index (κ2) is 4.92. The largest absolute Gasteiger partial charge is 0.275 e. The number of carbonyl (C=O) groups excluding carboxylic acids is 1. The monoisotopic (exact) mass is 311 g/mol. The molecule has 0 radical (unpaired) electrons. The normalized spacial score (nSPS) is 10.5. The van der Waals surface area contributed by atoms with Crippen LogP contribution in [0.15, 0.2) is 11.4 Å². The molecule has 1 aromatic heterocycles. The van der Waals surface area contributed by atoms with Crippen molar-refractivity contribution in [2.75, 3.05) is 0 Å². The first-order valence-electron chi connectivity index (χ1n) is 3.79. The van der Waals surface area contributed by atoms with Gasteiger partial charge in [0.25, 0.3) is 5.91 Å². The van der Waals surface area contributed by atoms with Crippen LogP contribution in [0.25, 0.3) is 0 Å². The highest BCUT2D eigenvalue weighted by Gasteiger charge is 2.07. The molecule has 0 aromatic carbocycles. The van der Waals surface area contributed by atoms with Crippen molar-refractivity contribution in [3.05, 3.63) is 19.9 Å². The van der Waals surface area contributed by atoms with Gasteiger partial charge in [0.2, 0.25) is 0 Å². The molecule has 0 atom stereocenters. The van der Waals surface area contributed by atoms with E-state index in [4.69, 9.17) is 4.84 Å². The summed E-state index contributed by atoms with van der Waals surface area (Å²) in [5.41, 5.74) is 3.02. The van der Waals surface area contributed by atoms with E-state index >= 15 is 0 Å². The van der Waals surface area contributed by atoms with Gasteiger partial charge in [0.05, 0.1) is 14.6 Å². The van der Waals surface area contributed by atoms with Gasteiger partial charge in [-0.05, 0) is 42.5 Å². The Morgan fingerprint density at radius 1 is 1.69 bits per heavy atom. The number of halogens is 1. The van der Waals surface area contributed by atoms with Crippen molar-refractivity contribution in [1.82, 2.24) is 5.48 Å². The average molecular weight is 311 g/mol. The fourth-order valence-electron chi connectivity index (χ4n) is 0.659. The van der Waals surface area contributed by atoms with Crippen molar-refractivity contribution < 1.29 is 9.63 Å². The van der Waals surface area contributed by atoms with Crippen LogP contribution < -0.4 is 5.48 Å². The van der Waals surface area contributed by atoms with E-state index in [2.05, 4.69) is 28.1 Å². The predicted molar refractivity (Wildman–Crippen MR) is 60.7 cm³/mol. The molecule has 3 nitrogen and oxygen atoms in total. The Hall–Kier alpha value is -0.140. The number of nitrogens with one attached hydrogen (secondary N) is 1. The SMILES string of the molecule is CC(C)ONC(=O)c1csc(I)c1. The second-order valence-corrected chi connectivity index (χ2v) is 5.54. The molecule has 0 saturated heterocycles. The molecule has 1 rings (SSSR count). The predicted octanol–water partition coefficient (Wildman–Crippen LogP) is 2.42. The van der Waals surface area contributed by atoms with Gasteiger partial charge in [0.1, 0.15) is 0 Å². The van der Waals surface area contributed by atoms with E-state index < -0.39 is 0 Å². The third-order valence-electron chi connectivity index (χ3n) is 1.22. The van der Waals surface area contributed by atoms with Gasteiger partial charge in [-0.25, -0.2) is 5.48 Å². The highest BCUT2D eigenvalue weighted by molar-refractivity contribution is 14.1. The number of hydrogen-bond acceptors (Lipinski definition) is 3. The van der Waals surface area contributed by atoms with E-state index in [1.165, 1.54) is 11.3 Å². The van der Waals surface area contributed by atoms with Crippen molar-refractivity contribution in [2.45, 2.75) is 20.0 Å². The second-order valence-electron chi connectivity index (χ2n) is 2.74. The molecule has 0 saturated carbocycles. The zero-order valence-electron chi connectivity index (χ0n) is 7.33. The van der Waals surface area contributed by atoms with E-state index in [-0.39, 0.29) is 12.0 Å². The maximum absolute atomic E-state index is 11.3. The molecule has 0 spiro atoms. The molecular formula is C8H10INO2S. The van der Waals surface area contributed by atoms with Crippen LogP contribution in [-0.4, -0.2) is 12.0 Å². The third kappa shape index (κ3) is 3.61. The minimum absolute atomic E-state index is 0.00153. The Balaban J connectivity index is 2.49. The first-order chi connectivity index (χ1) is 6.09. The van der Waals surface area contributed by atoms with Crippen LogP contribution in [0.3, 0.4) is 0 Å². The van der Waals surface area contributed by atoms with Crippen molar-refractivity contribution in [3.63, 3.8) is 0 Å². The summed E-state index contributed by atoms with van der Waals surface area (Å²) in [5.74, 6) is -0.187. The summed E-state index contributed by atoms with van der Waals surface area (Å²) < 4.78 is 1.09. The average Bonchev–Trinajstić information content (AvgIpc) is 2.47. The fourth-order valence-corrected chi connectivity index (χ4v) is 1.99. The Morgan fingerprint density at radius 3 is 2.85 bits per heavy atom. The van der Waals surface area contributed by atoms with E-state index in [1.54, 1.807) is 5.38 Å². The number of hydrogen-bond donors (Lipinski definition) is 1. The van der Waals surface area contributed by atoms with Crippen LogP contribution in [-0.2, 0) is 4.84 Å². The first-order valence-corrected chi connectivity index (χ1v) is 5.75. The van der Waals surface area contributed by atoms with Gasteiger partial charge in [-0.15, -0.1) is 11.3 Å². The van der Waals surface area contributed by atoms with Gasteiger partial charge >= 0.3 is 0 Å². The van der Waals surface area contributed by atoms with Gasteiger partial charge in [0.15, 0.2) is 0 Å². The molecule has 5 heteroatoms. The minimum atomic E-state index is -0.187. The van der Waals surface area contributed by atoms with Crippen LogP contribution in [0.4, 0.5) is 0 Å². The van der Waals surface area contributed by atoms with Gasteiger partial charge in [-0.2, -0.15) is 0 Å². The topological polar surface area (TPSA) is 38.3 Å². The molecule has 13 heavy (non-hydrogen) atoms. The van der Waals surface area contributed by atoms with E-state index in [9.17, 15) is 4.79 Å². The molecule has 1 heterocycles. The van der Waals surface area contributed by atoms with E-state index in [1.807, 2.05) is 19.9 Å². The standard InChI is InChI=1S/C8H10INO2S/c1-5(2)12-10-8(11)6-3-7(9)13-4-6/h3-5H,1-2H3,(H,10,11). The van der Waals surface area contributed by atoms with Crippen LogP contribution in [0.2, 0.25) is 0 Å². The van der Waals surface area contributed by atoms with Crippen LogP contribution in [0.5, 0.6) is 0 Å². The lowest BCUT2D eigenvalue weighted by atomic mass is 10.3. The van der Waals surface area contributed by atoms with Crippen LogP contribution in [0, 0.1) is 2.88 Å². The van der Waals surface area contributed by atoms with Gasteiger partial charge < -0.3 is 0 Å². The van der Waals surface area contributed by atoms with Gasteiger partial charge in [-0.1, -0.05) is 0 Å². The zero-order chi connectivity index (χ0) is 9.84. The summed E-state index contributed by atoms with van der Waals surface area (Å²) in [5, 5.41) is 1.81. The molecule has 0 aliphatic carbocycles. The summed E-state index contributed by atoms with van der Waals surface area (Å²) in [6.45, 7) is 3.72. The number of carbonyl (C=O) groups is 1. The highest BCUT2D eigenvalue weighted by Crippen LogP contribution is 2.16. The lowest BCUT2D eigenvalue weighted by molar-refractivity contribution is 0.000219. The molecule has 0 aliphatic rings. The molecule has 1 amide bonds. The third-order valence-corrected chi connectivity index (χ3v) is 3.01. The summed E-state index contributed by atoms with van der Waals surface area (Å²) >= 11 is 3.71. The maximum atomic E-state index is 11.3. The number of amides is 1. The molecular weight excluding hydrogens is 301 g/mol. The smallest absolute Gasteiger partial charge is 0.271 e. The van der Waals surface area contributed by atoms with Crippen LogP contribution in [0.1, 0.15) is 24.2 Å². The van der Waals surface area contributed by atoms with Crippen molar-refractivity contribution in [3.8, 4) is 0 Å². The molecule has 72 valence electrons. The Bertz CT molecular complexity index is 298. The van der Waals surface area contributed by atoms with Crippen LogP contribution >= 0.6 is 33.9 Å². The zero-order valence-corrected chi connectivity index (χ0v) is 10.3. The molecule has 0 aliphatic heterocycles. The Morgan fingerprint density at radius 2 is 2.38 bits per heavy atom. The van der Waals surface area contributed by atoms with Crippen molar-refractivity contribution >= 4 is 39.8 Å².